The Labute approximate surface area is 213 Å². The van der Waals surface area contributed by atoms with Crippen LogP contribution in [0.4, 0.5) is 5.69 Å². The second kappa shape index (κ2) is 9.31. The number of nitrogens with zero attached hydrogens (tertiary/aromatic N) is 4. The molecule has 6 rings (SSSR count). The van der Waals surface area contributed by atoms with E-state index in [0.717, 1.165) is 55.7 Å². The highest BCUT2D eigenvalue weighted by Crippen LogP contribution is 2.34. The van der Waals surface area contributed by atoms with Crippen LogP contribution in [0.15, 0.2) is 79.4 Å². The maximum Gasteiger partial charge on any atom is 0.224 e. The normalized spacial score (nSPS) is 11.4. The molecule has 0 fully saturated rings. The number of carbonyl (C=O) groups is 1. The van der Waals surface area contributed by atoms with Gasteiger partial charge in [0.1, 0.15) is 5.69 Å². The highest BCUT2D eigenvalue weighted by atomic mass is 16.1. The summed E-state index contributed by atoms with van der Waals surface area (Å²) < 4.78 is 0. The Morgan fingerprint density at radius 2 is 1.84 bits per heavy atom. The monoisotopic (exact) mass is 487 g/mol. The number of pyridine rings is 3. The number of hydrogen-bond donors (Lipinski definition) is 3. The molecule has 5 aromatic heterocycles. The molecule has 0 aliphatic carbocycles. The topological polar surface area (TPSA) is 112 Å². The summed E-state index contributed by atoms with van der Waals surface area (Å²) in [7, 11) is 0. The van der Waals surface area contributed by atoms with Gasteiger partial charge in [0, 0.05) is 46.2 Å². The number of rotatable bonds is 6. The van der Waals surface area contributed by atoms with E-state index >= 15 is 0 Å². The number of anilines is 1. The van der Waals surface area contributed by atoms with Crippen LogP contribution in [0.2, 0.25) is 0 Å². The van der Waals surface area contributed by atoms with Gasteiger partial charge in [-0.05, 0) is 42.3 Å². The zero-order valence-corrected chi connectivity index (χ0v) is 20.5. The minimum atomic E-state index is -0.0293. The molecule has 182 valence electrons. The predicted octanol–water partition coefficient (Wildman–Crippen LogP) is 6.21. The lowest BCUT2D eigenvalue weighted by Gasteiger charge is -2.08. The maximum atomic E-state index is 12.2. The maximum absolute atomic E-state index is 12.2. The van der Waals surface area contributed by atoms with Gasteiger partial charge in [-0.15, -0.1) is 0 Å². The molecule has 0 aliphatic rings. The van der Waals surface area contributed by atoms with E-state index in [9.17, 15) is 4.79 Å². The number of carbonyl (C=O) groups excluding carboxylic acids is 1. The van der Waals surface area contributed by atoms with Crippen molar-refractivity contribution in [1.29, 1.82) is 0 Å². The van der Waals surface area contributed by atoms with Gasteiger partial charge < -0.3 is 10.3 Å². The highest BCUT2D eigenvalue weighted by Gasteiger charge is 2.15. The van der Waals surface area contributed by atoms with Gasteiger partial charge >= 0.3 is 0 Å². The van der Waals surface area contributed by atoms with E-state index in [2.05, 4.69) is 53.6 Å². The quantitative estimate of drug-likeness (QED) is 0.258. The van der Waals surface area contributed by atoms with Crippen molar-refractivity contribution in [1.82, 2.24) is 30.1 Å². The van der Waals surface area contributed by atoms with Gasteiger partial charge in [-0.25, -0.2) is 0 Å². The van der Waals surface area contributed by atoms with E-state index in [0.29, 0.717) is 12.1 Å². The molecule has 3 N–H and O–H groups in total. The molecule has 0 saturated heterocycles. The van der Waals surface area contributed by atoms with E-state index in [1.54, 1.807) is 24.8 Å². The van der Waals surface area contributed by atoms with E-state index in [1.807, 2.05) is 50.2 Å². The van der Waals surface area contributed by atoms with Gasteiger partial charge in [-0.2, -0.15) is 5.10 Å². The van der Waals surface area contributed by atoms with Gasteiger partial charge in [-0.3, -0.25) is 24.8 Å². The zero-order valence-electron chi connectivity index (χ0n) is 20.5. The minimum absolute atomic E-state index is 0.0293. The summed E-state index contributed by atoms with van der Waals surface area (Å²) >= 11 is 0. The Balaban J connectivity index is 1.38. The highest BCUT2D eigenvalue weighted by molar-refractivity contribution is 6.01. The van der Waals surface area contributed by atoms with Crippen LogP contribution in [0, 0.1) is 5.92 Å². The second-order valence-corrected chi connectivity index (χ2v) is 9.46. The van der Waals surface area contributed by atoms with Crippen LogP contribution < -0.4 is 5.32 Å². The molecule has 0 spiro atoms. The molecular formula is C29H25N7O. The van der Waals surface area contributed by atoms with Crippen molar-refractivity contribution in [3.8, 4) is 33.9 Å². The van der Waals surface area contributed by atoms with Gasteiger partial charge in [0.25, 0.3) is 0 Å². The summed E-state index contributed by atoms with van der Waals surface area (Å²) in [4.78, 5) is 29.2. The molecule has 0 bridgehead atoms. The molecule has 0 unspecified atom stereocenters. The summed E-state index contributed by atoms with van der Waals surface area (Å²) in [5.41, 5.74) is 7.73. The van der Waals surface area contributed by atoms with Gasteiger partial charge in [0.2, 0.25) is 5.91 Å². The molecule has 0 radical (unpaired) electrons. The van der Waals surface area contributed by atoms with Gasteiger partial charge in [0.05, 0.1) is 40.7 Å². The number of amides is 1. The summed E-state index contributed by atoms with van der Waals surface area (Å²) in [5, 5.41) is 12.6. The standard InChI is InChI=1S/C29H25N7O/c1-17(2)10-28(37)33-19-11-18(14-30-15-19)25-13-22-27(16-32-25)35-36-29(22)26-12-21-20(6-5-8-24(21)34-26)23-7-3-4-9-31-23/h3-9,11-17,34H,10H2,1-2H3,(H,33,37)(H,35,36). The van der Waals surface area contributed by atoms with E-state index in [4.69, 9.17) is 0 Å². The molecule has 8 nitrogen and oxygen atoms in total. The number of H-pyrrole nitrogens is 2. The van der Waals surface area contributed by atoms with E-state index in [1.165, 1.54) is 0 Å². The molecule has 37 heavy (non-hydrogen) atoms. The Kier molecular flexibility index (Phi) is 5.69. The molecule has 5 heterocycles. The largest absolute Gasteiger partial charge is 0.353 e. The molecule has 8 heteroatoms. The third-order valence-electron chi connectivity index (χ3n) is 6.22. The fourth-order valence-corrected chi connectivity index (χ4v) is 4.54. The molecule has 0 aliphatic heterocycles. The van der Waals surface area contributed by atoms with Crippen LogP contribution in [0.25, 0.3) is 55.7 Å². The van der Waals surface area contributed by atoms with Crippen LogP contribution in [0.5, 0.6) is 0 Å². The van der Waals surface area contributed by atoms with Crippen molar-refractivity contribution in [3.05, 3.63) is 79.4 Å². The minimum Gasteiger partial charge on any atom is -0.353 e. The predicted molar refractivity (Wildman–Crippen MR) is 146 cm³/mol. The number of aromatic nitrogens is 6. The lowest BCUT2D eigenvalue weighted by Crippen LogP contribution is -2.13. The SMILES string of the molecule is CC(C)CC(=O)Nc1cncc(-c2cc3c(-c4cc5c(-c6ccccn6)cccc5[nH]4)n[nH]c3cn2)c1. The molecule has 0 atom stereocenters. The fraction of sp³-hybridized carbons (Fsp3) is 0.138. The lowest BCUT2D eigenvalue weighted by atomic mass is 10.1. The van der Waals surface area contributed by atoms with Crippen LogP contribution >= 0.6 is 0 Å². The van der Waals surface area contributed by atoms with Crippen molar-refractivity contribution in [2.75, 3.05) is 5.32 Å². The fourth-order valence-electron chi connectivity index (χ4n) is 4.54. The third kappa shape index (κ3) is 4.45. The van der Waals surface area contributed by atoms with Crippen molar-refractivity contribution < 1.29 is 4.79 Å². The Morgan fingerprint density at radius 1 is 0.919 bits per heavy atom. The number of aromatic amines is 2. The molecule has 6 aromatic rings. The van der Waals surface area contributed by atoms with Crippen molar-refractivity contribution in [2.24, 2.45) is 5.92 Å². The molecule has 1 amide bonds. The lowest BCUT2D eigenvalue weighted by molar-refractivity contribution is -0.116. The number of benzene rings is 1. The van der Waals surface area contributed by atoms with Crippen LogP contribution in [0.3, 0.4) is 0 Å². The van der Waals surface area contributed by atoms with E-state index in [-0.39, 0.29) is 11.8 Å². The molecular weight excluding hydrogens is 462 g/mol. The second-order valence-electron chi connectivity index (χ2n) is 9.46. The number of nitrogens with one attached hydrogen (secondary N) is 3. The summed E-state index contributed by atoms with van der Waals surface area (Å²) in [6, 6.07) is 18.1. The number of hydrogen-bond acceptors (Lipinski definition) is 5. The van der Waals surface area contributed by atoms with Gasteiger partial charge in [-0.1, -0.05) is 32.0 Å². The number of fused-ring (bicyclic) bond motifs is 2. The first kappa shape index (κ1) is 22.6. The summed E-state index contributed by atoms with van der Waals surface area (Å²) in [6.45, 7) is 4.03. The van der Waals surface area contributed by atoms with Crippen molar-refractivity contribution in [3.63, 3.8) is 0 Å². The first-order chi connectivity index (χ1) is 18.0. The Hall–Kier alpha value is -4.85. The average Bonchev–Trinajstić information content (AvgIpc) is 3.52. The Bertz CT molecular complexity index is 1730. The van der Waals surface area contributed by atoms with E-state index < -0.39 is 0 Å². The van der Waals surface area contributed by atoms with Crippen molar-refractivity contribution in [2.45, 2.75) is 20.3 Å². The summed E-state index contributed by atoms with van der Waals surface area (Å²) in [6.07, 6.45) is 7.42. The third-order valence-corrected chi connectivity index (χ3v) is 6.22. The Morgan fingerprint density at radius 3 is 2.68 bits per heavy atom. The smallest absolute Gasteiger partial charge is 0.224 e. The van der Waals surface area contributed by atoms with Gasteiger partial charge in [0.15, 0.2) is 0 Å². The first-order valence-electron chi connectivity index (χ1n) is 12.2. The van der Waals surface area contributed by atoms with Crippen LogP contribution in [-0.4, -0.2) is 36.0 Å². The zero-order chi connectivity index (χ0) is 25.4. The molecule has 1 aromatic carbocycles. The van der Waals surface area contributed by atoms with Crippen molar-refractivity contribution >= 4 is 33.4 Å². The summed E-state index contributed by atoms with van der Waals surface area (Å²) in [5.74, 6) is 0.253. The first-order valence-corrected chi connectivity index (χ1v) is 12.2. The average molecular weight is 488 g/mol. The molecule has 0 saturated carbocycles. The van der Waals surface area contributed by atoms with Crippen LogP contribution in [0.1, 0.15) is 20.3 Å². The van der Waals surface area contributed by atoms with Crippen LogP contribution in [-0.2, 0) is 4.79 Å².